The second-order valence-corrected chi connectivity index (χ2v) is 7.63. The van der Waals surface area contributed by atoms with E-state index in [0.29, 0.717) is 0 Å². The zero-order chi connectivity index (χ0) is 15.6. The summed E-state index contributed by atoms with van der Waals surface area (Å²) in [5, 5.41) is 4.88. The Hall–Kier alpha value is -1.36. The van der Waals surface area contributed by atoms with E-state index in [1.165, 1.54) is 4.88 Å². The number of thiophene rings is 1. The van der Waals surface area contributed by atoms with Gasteiger partial charge in [-0.25, -0.2) is 0 Å². The molecule has 0 aliphatic carbocycles. The summed E-state index contributed by atoms with van der Waals surface area (Å²) >= 11 is 1.69. The van der Waals surface area contributed by atoms with Gasteiger partial charge < -0.3 is 10.2 Å². The highest BCUT2D eigenvalue weighted by molar-refractivity contribution is 7.10. The Bertz CT molecular complexity index is 505. The van der Waals surface area contributed by atoms with Crippen molar-refractivity contribution in [2.24, 2.45) is 5.41 Å². The number of amides is 2. The topological polar surface area (TPSA) is 49.4 Å². The van der Waals surface area contributed by atoms with E-state index < -0.39 is 11.5 Å². The van der Waals surface area contributed by atoms with E-state index in [4.69, 9.17) is 0 Å². The lowest BCUT2D eigenvalue weighted by Gasteiger charge is -2.28. The number of hydrogen-bond acceptors (Lipinski definition) is 3. The molecule has 0 radical (unpaired) electrons. The molecule has 1 aromatic rings. The molecule has 1 aliphatic rings. The summed E-state index contributed by atoms with van der Waals surface area (Å²) in [7, 11) is 0. The van der Waals surface area contributed by atoms with Crippen LogP contribution < -0.4 is 5.32 Å². The lowest BCUT2D eigenvalue weighted by molar-refractivity contribution is -0.138. The molecule has 0 bridgehead atoms. The zero-order valence-corrected chi connectivity index (χ0v) is 14.0. The van der Waals surface area contributed by atoms with Crippen molar-refractivity contribution < 1.29 is 9.59 Å². The van der Waals surface area contributed by atoms with Crippen molar-refractivity contribution in [1.82, 2.24) is 10.2 Å². The molecule has 2 heterocycles. The molecule has 116 valence electrons. The molecular formula is C16H24N2O2S. The first-order valence-corrected chi connectivity index (χ1v) is 8.33. The molecule has 4 nitrogen and oxygen atoms in total. The summed E-state index contributed by atoms with van der Waals surface area (Å²) in [5.74, 6) is -0.0706. The minimum Gasteiger partial charge on any atom is -0.344 e. The smallest absolute Gasteiger partial charge is 0.245 e. The van der Waals surface area contributed by atoms with Crippen LogP contribution in [0.5, 0.6) is 0 Å². The van der Waals surface area contributed by atoms with Gasteiger partial charge in [0.05, 0.1) is 6.04 Å². The number of nitrogens with one attached hydrogen (secondary N) is 1. The number of carbonyl (C=O) groups excluding carboxylic acids is 2. The minimum atomic E-state index is -0.479. The first-order chi connectivity index (χ1) is 9.80. The number of nitrogens with zero attached hydrogens (tertiary/aromatic N) is 1. The van der Waals surface area contributed by atoms with Crippen LogP contribution in [0.25, 0.3) is 0 Å². The molecule has 2 atom stereocenters. The molecule has 1 aliphatic heterocycles. The van der Waals surface area contributed by atoms with E-state index in [1.807, 2.05) is 37.1 Å². The quantitative estimate of drug-likeness (QED) is 0.933. The lowest BCUT2D eigenvalue weighted by atomic mass is 9.95. The summed E-state index contributed by atoms with van der Waals surface area (Å²) in [5.41, 5.74) is -0.479. The van der Waals surface area contributed by atoms with Crippen molar-refractivity contribution in [2.75, 3.05) is 6.54 Å². The standard InChI is InChI=1S/C16H24N2O2S/c1-11(17-15(20)16(2,3)4)14(19)18-9-5-7-12(18)13-8-6-10-21-13/h6,8,10-12H,5,7,9H2,1-4H3,(H,17,20). The molecule has 1 aromatic heterocycles. The van der Waals surface area contributed by atoms with Crippen LogP contribution in [0.4, 0.5) is 0 Å². The van der Waals surface area contributed by atoms with Gasteiger partial charge in [0.2, 0.25) is 11.8 Å². The summed E-state index contributed by atoms with van der Waals surface area (Å²) < 4.78 is 0. The monoisotopic (exact) mass is 308 g/mol. The summed E-state index contributed by atoms with van der Waals surface area (Å²) in [6.07, 6.45) is 2.03. The molecule has 0 saturated carbocycles. The minimum absolute atomic E-state index is 0.0171. The van der Waals surface area contributed by atoms with Crippen LogP contribution in [0.2, 0.25) is 0 Å². The molecule has 2 amide bonds. The SMILES string of the molecule is CC(NC(=O)C(C)(C)C)C(=O)N1CCCC1c1cccs1. The molecule has 21 heavy (non-hydrogen) atoms. The Kier molecular flexibility index (Phi) is 4.71. The van der Waals surface area contributed by atoms with Crippen LogP contribution >= 0.6 is 11.3 Å². The van der Waals surface area contributed by atoms with Crippen molar-refractivity contribution in [2.45, 2.75) is 52.6 Å². The molecule has 1 saturated heterocycles. The average Bonchev–Trinajstić information content (AvgIpc) is 3.06. The number of likely N-dealkylation sites (tertiary alicyclic amines) is 1. The van der Waals surface area contributed by atoms with Gasteiger partial charge in [0, 0.05) is 16.8 Å². The predicted molar refractivity (Wildman–Crippen MR) is 85.1 cm³/mol. The van der Waals surface area contributed by atoms with Crippen LogP contribution in [-0.4, -0.2) is 29.3 Å². The van der Waals surface area contributed by atoms with Crippen LogP contribution in [-0.2, 0) is 9.59 Å². The van der Waals surface area contributed by atoms with Crippen molar-refractivity contribution in [1.29, 1.82) is 0 Å². The maximum Gasteiger partial charge on any atom is 0.245 e. The second kappa shape index (κ2) is 6.18. The molecule has 0 aromatic carbocycles. The molecule has 1 N–H and O–H groups in total. The third-order valence-electron chi connectivity index (χ3n) is 3.81. The van der Waals surface area contributed by atoms with Crippen molar-refractivity contribution in [3.63, 3.8) is 0 Å². The Labute approximate surface area is 130 Å². The highest BCUT2D eigenvalue weighted by Crippen LogP contribution is 2.34. The fourth-order valence-electron chi connectivity index (χ4n) is 2.53. The fourth-order valence-corrected chi connectivity index (χ4v) is 3.40. The van der Waals surface area contributed by atoms with E-state index >= 15 is 0 Å². The van der Waals surface area contributed by atoms with Crippen LogP contribution in [0, 0.1) is 5.41 Å². The molecule has 5 heteroatoms. The number of rotatable bonds is 3. The Morgan fingerprint density at radius 2 is 2.14 bits per heavy atom. The van der Waals surface area contributed by atoms with Gasteiger partial charge >= 0.3 is 0 Å². The van der Waals surface area contributed by atoms with Gasteiger partial charge in [-0.2, -0.15) is 0 Å². The van der Waals surface area contributed by atoms with Crippen molar-refractivity contribution in [3.05, 3.63) is 22.4 Å². The maximum absolute atomic E-state index is 12.6. The summed E-state index contributed by atoms with van der Waals surface area (Å²) in [6.45, 7) is 8.10. The molecule has 2 rings (SSSR count). The van der Waals surface area contributed by atoms with E-state index in [-0.39, 0.29) is 17.9 Å². The van der Waals surface area contributed by atoms with Gasteiger partial charge in [-0.3, -0.25) is 9.59 Å². The van der Waals surface area contributed by atoms with E-state index in [2.05, 4.69) is 11.4 Å². The largest absolute Gasteiger partial charge is 0.344 e. The van der Waals surface area contributed by atoms with E-state index in [9.17, 15) is 9.59 Å². The third-order valence-corrected chi connectivity index (χ3v) is 4.78. The first-order valence-electron chi connectivity index (χ1n) is 7.45. The van der Waals surface area contributed by atoms with Crippen molar-refractivity contribution >= 4 is 23.2 Å². The van der Waals surface area contributed by atoms with E-state index in [1.54, 1.807) is 18.3 Å². The Morgan fingerprint density at radius 3 is 2.71 bits per heavy atom. The zero-order valence-electron chi connectivity index (χ0n) is 13.2. The van der Waals surface area contributed by atoms with Gasteiger partial charge in [0.15, 0.2) is 0 Å². The van der Waals surface area contributed by atoms with Crippen LogP contribution in [0.3, 0.4) is 0 Å². The Balaban J connectivity index is 2.03. The summed E-state index contributed by atoms with van der Waals surface area (Å²) in [6, 6.07) is 3.80. The van der Waals surface area contributed by atoms with E-state index in [0.717, 1.165) is 19.4 Å². The number of hydrogen-bond donors (Lipinski definition) is 1. The molecule has 0 spiro atoms. The van der Waals surface area contributed by atoms with Gasteiger partial charge in [0.25, 0.3) is 0 Å². The predicted octanol–water partition coefficient (Wildman–Crippen LogP) is 2.96. The average molecular weight is 308 g/mol. The first kappa shape index (κ1) is 16.0. The van der Waals surface area contributed by atoms with Crippen LogP contribution in [0.15, 0.2) is 17.5 Å². The second-order valence-electron chi connectivity index (χ2n) is 6.65. The highest BCUT2D eigenvalue weighted by Gasteiger charge is 2.34. The van der Waals surface area contributed by atoms with Gasteiger partial charge in [-0.15, -0.1) is 11.3 Å². The normalized spacial score (nSPS) is 20.4. The third kappa shape index (κ3) is 3.64. The Morgan fingerprint density at radius 1 is 1.43 bits per heavy atom. The highest BCUT2D eigenvalue weighted by atomic mass is 32.1. The molecule has 1 fully saturated rings. The van der Waals surface area contributed by atoms with Crippen molar-refractivity contribution in [3.8, 4) is 0 Å². The summed E-state index contributed by atoms with van der Waals surface area (Å²) in [4.78, 5) is 27.8. The fraction of sp³-hybridized carbons (Fsp3) is 0.625. The van der Waals surface area contributed by atoms with Gasteiger partial charge in [-0.1, -0.05) is 26.8 Å². The molecule has 2 unspecified atom stereocenters. The maximum atomic E-state index is 12.6. The number of carbonyl (C=O) groups is 2. The van der Waals surface area contributed by atoms with Gasteiger partial charge in [-0.05, 0) is 31.2 Å². The lowest BCUT2D eigenvalue weighted by Crippen LogP contribution is -2.49. The van der Waals surface area contributed by atoms with Crippen LogP contribution in [0.1, 0.15) is 51.5 Å². The molecular weight excluding hydrogens is 284 g/mol. The van der Waals surface area contributed by atoms with Gasteiger partial charge in [0.1, 0.15) is 6.04 Å².